The molecule has 2 aromatic rings. The molecule has 0 aliphatic carbocycles. The molecule has 3 rings (SSSR count). The first kappa shape index (κ1) is 15.0. The fourth-order valence-electron chi connectivity index (χ4n) is 2.51. The van der Waals surface area contributed by atoms with Crippen molar-refractivity contribution in [2.45, 2.75) is 32.7 Å². The molecule has 1 aliphatic heterocycles. The van der Waals surface area contributed by atoms with Crippen LogP contribution in [0, 0.1) is 0 Å². The van der Waals surface area contributed by atoms with Crippen LogP contribution in [0.15, 0.2) is 29.3 Å². The number of hydrogen-bond donors (Lipinski definition) is 0. The Morgan fingerprint density at radius 3 is 2.50 bits per heavy atom. The zero-order valence-electron chi connectivity index (χ0n) is 13.5. The minimum Gasteiger partial charge on any atom is -0.447 e. The number of oxazole rings is 1. The number of nitrogens with zero attached hydrogens (tertiary/aromatic N) is 5. The van der Waals surface area contributed by atoms with Crippen LogP contribution in [0.4, 0.5) is 5.82 Å². The molecular weight excluding hydrogens is 278 g/mol. The highest BCUT2D eigenvalue weighted by Crippen LogP contribution is 2.22. The van der Waals surface area contributed by atoms with Gasteiger partial charge in [0.25, 0.3) is 0 Å². The van der Waals surface area contributed by atoms with Gasteiger partial charge < -0.3 is 9.32 Å². The number of anilines is 1. The number of rotatable bonds is 3. The maximum absolute atomic E-state index is 5.62. The summed E-state index contributed by atoms with van der Waals surface area (Å²) in [7, 11) is 0. The lowest BCUT2D eigenvalue weighted by atomic mass is 9.93. The molecule has 6 nitrogen and oxygen atoms in total. The van der Waals surface area contributed by atoms with Crippen molar-refractivity contribution < 1.29 is 4.42 Å². The van der Waals surface area contributed by atoms with Crippen molar-refractivity contribution >= 4 is 5.82 Å². The highest BCUT2D eigenvalue weighted by molar-refractivity contribution is 5.35. The monoisotopic (exact) mass is 301 g/mol. The largest absolute Gasteiger partial charge is 0.447 e. The molecule has 118 valence electrons. The Bertz CT molecular complexity index is 596. The van der Waals surface area contributed by atoms with Gasteiger partial charge in [-0.3, -0.25) is 9.88 Å². The predicted octanol–water partition coefficient (Wildman–Crippen LogP) is 2.08. The van der Waals surface area contributed by atoms with Gasteiger partial charge in [-0.05, 0) is 0 Å². The summed E-state index contributed by atoms with van der Waals surface area (Å²) in [4.78, 5) is 17.7. The molecule has 6 heteroatoms. The van der Waals surface area contributed by atoms with Crippen LogP contribution in [-0.2, 0) is 12.0 Å². The third-order valence-electron chi connectivity index (χ3n) is 3.92. The second kappa shape index (κ2) is 6.04. The normalized spacial score (nSPS) is 17.0. The number of piperazine rings is 1. The SMILES string of the molecule is CC(C)(C)c1coc(CN2CCN(c3cnccn3)CC2)n1. The Morgan fingerprint density at radius 1 is 1.14 bits per heavy atom. The minimum absolute atomic E-state index is 0.0342. The average molecular weight is 301 g/mol. The van der Waals surface area contributed by atoms with Crippen LogP contribution >= 0.6 is 0 Å². The van der Waals surface area contributed by atoms with E-state index in [0.717, 1.165) is 50.1 Å². The van der Waals surface area contributed by atoms with Crippen LogP contribution in [0.3, 0.4) is 0 Å². The second-order valence-electron chi connectivity index (χ2n) is 6.70. The molecule has 1 fully saturated rings. The van der Waals surface area contributed by atoms with Gasteiger partial charge in [0.1, 0.15) is 12.1 Å². The Morgan fingerprint density at radius 2 is 1.91 bits per heavy atom. The topological polar surface area (TPSA) is 58.3 Å². The molecule has 0 spiro atoms. The molecule has 1 saturated heterocycles. The van der Waals surface area contributed by atoms with Gasteiger partial charge in [-0.2, -0.15) is 0 Å². The quantitative estimate of drug-likeness (QED) is 0.865. The summed E-state index contributed by atoms with van der Waals surface area (Å²) in [5.74, 6) is 1.76. The Balaban J connectivity index is 1.55. The van der Waals surface area contributed by atoms with Gasteiger partial charge in [0.2, 0.25) is 5.89 Å². The Hall–Kier alpha value is -1.95. The molecule has 1 aliphatic rings. The lowest BCUT2D eigenvalue weighted by Crippen LogP contribution is -2.46. The maximum Gasteiger partial charge on any atom is 0.208 e. The van der Waals surface area contributed by atoms with Crippen LogP contribution in [0.5, 0.6) is 0 Å². The fourth-order valence-corrected chi connectivity index (χ4v) is 2.51. The molecule has 0 radical (unpaired) electrons. The summed E-state index contributed by atoms with van der Waals surface area (Å²) in [6.07, 6.45) is 7.04. The van der Waals surface area contributed by atoms with E-state index in [0.29, 0.717) is 0 Å². The molecule has 0 bridgehead atoms. The summed E-state index contributed by atoms with van der Waals surface area (Å²) in [6, 6.07) is 0. The predicted molar refractivity (Wildman–Crippen MR) is 84.7 cm³/mol. The summed E-state index contributed by atoms with van der Waals surface area (Å²) in [5.41, 5.74) is 1.05. The van der Waals surface area contributed by atoms with Crippen molar-refractivity contribution in [3.05, 3.63) is 36.4 Å². The van der Waals surface area contributed by atoms with Crippen molar-refractivity contribution in [3.8, 4) is 0 Å². The first-order chi connectivity index (χ1) is 10.5. The van der Waals surface area contributed by atoms with E-state index in [1.165, 1.54) is 0 Å². The fraction of sp³-hybridized carbons (Fsp3) is 0.562. The minimum atomic E-state index is 0.0342. The highest BCUT2D eigenvalue weighted by atomic mass is 16.3. The molecule has 0 unspecified atom stereocenters. The molecule has 3 heterocycles. The van der Waals surface area contributed by atoms with Crippen molar-refractivity contribution in [3.63, 3.8) is 0 Å². The molecule has 0 atom stereocenters. The second-order valence-corrected chi connectivity index (χ2v) is 6.70. The smallest absolute Gasteiger partial charge is 0.208 e. The van der Waals surface area contributed by atoms with E-state index in [-0.39, 0.29) is 5.41 Å². The molecule has 0 amide bonds. The third-order valence-corrected chi connectivity index (χ3v) is 3.92. The highest BCUT2D eigenvalue weighted by Gasteiger charge is 2.22. The Labute approximate surface area is 131 Å². The zero-order chi connectivity index (χ0) is 15.6. The summed E-state index contributed by atoms with van der Waals surface area (Å²) in [6.45, 7) is 11.1. The van der Waals surface area contributed by atoms with Crippen molar-refractivity contribution in [2.75, 3.05) is 31.1 Å². The van der Waals surface area contributed by atoms with Gasteiger partial charge in [0.05, 0.1) is 18.4 Å². The van der Waals surface area contributed by atoms with Crippen LogP contribution < -0.4 is 4.90 Å². The van der Waals surface area contributed by atoms with Gasteiger partial charge >= 0.3 is 0 Å². The van der Waals surface area contributed by atoms with Gasteiger partial charge in [-0.1, -0.05) is 20.8 Å². The van der Waals surface area contributed by atoms with Crippen molar-refractivity contribution in [2.24, 2.45) is 0 Å². The lowest BCUT2D eigenvalue weighted by molar-refractivity contribution is 0.225. The Kier molecular flexibility index (Phi) is 4.11. The van der Waals surface area contributed by atoms with E-state index < -0.39 is 0 Å². The molecular formula is C16H23N5O. The van der Waals surface area contributed by atoms with Gasteiger partial charge in [0.15, 0.2) is 0 Å². The van der Waals surface area contributed by atoms with Crippen LogP contribution in [0.1, 0.15) is 32.4 Å². The molecule has 0 saturated carbocycles. The molecule has 2 aromatic heterocycles. The van der Waals surface area contributed by atoms with Crippen LogP contribution in [-0.4, -0.2) is 46.0 Å². The van der Waals surface area contributed by atoms with E-state index in [2.05, 4.69) is 45.5 Å². The number of aromatic nitrogens is 3. The first-order valence-electron chi connectivity index (χ1n) is 7.70. The summed E-state index contributed by atoms with van der Waals surface area (Å²) in [5, 5.41) is 0. The third kappa shape index (κ3) is 3.44. The van der Waals surface area contributed by atoms with Crippen molar-refractivity contribution in [1.29, 1.82) is 0 Å². The van der Waals surface area contributed by atoms with Gasteiger partial charge in [-0.25, -0.2) is 9.97 Å². The lowest BCUT2D eigenvalue weighted by Gasteiger charge is -2.34. The van der Waals surface area contributed by atoms with E-state index >= 15 is 0 Å². The van der Waals surface area contributed by atoms with E-state index in [4.69, 9.17) is 4.42 Å². The van der Waals surface area contributed by atoms with Crippen molar-refractivity contribution in [1.82, 2.24) is 19.9 Å². The standard InChI is InChI=1S/C16H23N5O/c1-16(2,3)13-12-22-15(19-13)11-20-6-8-21(9-7-20)14-10-17-4-5-18-14/h4-5,10,12H,6-9,11H2,1-3H3. The number of hydrogen-bond acceptors (Lipinski definition) is 6. The first-order valence-corrected chi connectivity index (χ1v) is 7.70. The van der Waals surface area contributed by atoms with Gasteiger partial charge in [-0.15, -0.1) is 0 Å². The van der Waals surface area contributed by atoms with E-state index in [9.17, 15) is 0 Å². The van der Waals surface area contributed by atoms with E-state index in [1.54, 1.807) is 18.7 Å². The van der Waals surface area contributed by atoms with Crippen LogP contribution in [0.25, 0.3) is 0 Å². The molecule has 0 N–H and O–H groups in total. The maximum atomic E-state index is 5.62. The summed E-state index contributed by atoms with van der Waals surface area (Å²) >= 11 is 0. The molecule has 22 heavy (non-hydrogen) atoms. The van der Waals surface area contributed by atoms with Crippen LogP contribution in [0.2, 0.25) is 0 Å². The zero-order valence-corrected chi connectivity index (χ0v) is 13.5. The van der Waals surface area contributed by atoms with Gasteiger partial charge in [0, 0.05) is 44.0 Å². The van der Waals surface area contributed by atoms with E-state index in [1.807, 2.05) is 6.20 Å². The summed E-state index contributed by atoms with van der Waals surface area (Å²) < 4.78 is 5.62. The average Bonchev–Trinajstić information content (AvgIpc) is 2.98. The molecule has 0 aromatic carbocycles.